The van der Waals surface area contributed by atoms with E-state index in [9.17, 15) is 0 Å². The van der Waals surface area contributed by atoms with Gasteiger partial charge in [0.05, 0.1) is 11.7 Å². The van der Waals surface area contributed by atoms with Crippen LogP contribution in [-0.2, 0) is 11.3 Å². The van der Waals surface area contributed by atoms with Crippen LogP contribution in [0.15, 0.2) is 0 Å². The third-order valence-corrected chi connectivity index (χ3v) is 2.96. The smallest absolute Gasteiger partial charge is 0.122 e. The topological polar surface area (TPSA) is 64.0 Å². The second-order valence-electron chi connectivity index (χ2n) is 4.51. The van der Waals surface area contributed by atoms with Crippen LogP contribution in [0.3, 0.4) is 0 Å². The summed E-state index contributed by atoms with van der Waals surface area (Å²) in [5.74, 6) is 0.576. The molecule has 0 saturated carbocycles. The summed E-state index contributed by atoms with van der Waals surface area (Å²) in [7, 11) is 0. The van der Waals surface area contributed by atoms with Gasteiger partial charge in [-0.3, -0.25) is 0 Å². The van der Waals surface area contributed by atoms with E-state index >= 15 is 0 Å². The Balaban J connectivity index is 2.69. The van der Waals surface area contributed by atoms with Crippen molar-refractivity contribution in [2.24, 2.45) is 0 Å². The van der Waals surface area contributed by atoms with Gasteiger partial charge < -0.3 is 15.0 Å². The quantitative estimate of drug-likeness (QED) is 0.797. The van der Waals surface area contributed by atoms with Crippen molar-refractivity contribution >= 4 is 5.82 Å². The molecule has 1 aromatic heterocycles. The Morgan fingerprint density at radius 1 is 1.41 bits per heavy atom. The predicted octanol–water partition coefficient (Wildman–Crippen LogP) is 2.37. The fraction of sp³-hybridized carbons (Fsp3) is 0.615. The van der Waals surface area contributed by atoms with E-state index in [0.717, 1.165) is 30.8 Å². The van der Waals surface area contributed by atoms with Crippen LogP contribution in [0.5, 0.6) is 0 Å². The number of anilines is 1. The number of nitrogens with zero attached hydrogens (tertiary/aromatic N) is 2. The highest BCUT2D eigenvalue weighted by atomic mass is 16.5. The summed E-state index contributed by atoms with van der Waals surface area (Å²) in [4.78, 5) is 0. The highest BCUT2D eigenvalue weighted by molar-refractivity contribution is 5.57. The Morgan fingerprint density at radius 3 is 2.53 bits per heavy atom. The molecule has 1 heterocycles. The van der Waals surface area contributed by atoms with Crippen molar-refractivity contribution in [3.63, 3.8) is 0 Å². The molecule has 0 aliphatic carbocycles. The first-order valence-corrected chi connectivity index (χ1v) is 5.95. The van der Waals surface area contributed by atoms with Crippen LogP contribution in [-0.4, -0.2) is 17.3 Å². The molecule has 0 spiro atoms. The first kappa shape index (κ1) is 13.6. The van der Waals surface area contributed by atoms with Gasteiger partial charge in [0.25, 0.3) is 0 Å². The summed E-state index contributed by atoms with van der Waals surface area (Å²) >= 11 is 0. The average molecular weight is 235 g/mol. The Labute approximate surface area is 103 Å². The Hall–Kier alpha value is -1.47. The van der Waals surface area contributed by atoms with Crippen LogP contribution in [0, 0.1) is 25.2 Å². The molecule has 0 bridgehead atoms. The van der Waals surface area contributed by atoms with E-state index in [1.807, 2.05) is 32.3 Å². The molecule has 0 amide bonds. The van der Waals surface area contributed by atoms with Gasteiger partial charge >= 0.3 is 0 Å². The molecular formula is C13H21N3O. The van der Waals surface area contributed by atoms with Crippen molar-refractivity contribution in [2.75, 3.05) is 12.3 Å². The number of nitrogens with two attached hydrogens (primary N) is 1. The zero-order valence-electron chi connectivity index (χ0n) is 11.1. The van der Waals surface area contributed by atoms with Gasteiger partial charge in [-0.2, -0.15) is 5.26 Å². The molecule has 0 fully saturated rings. The SMILES string of the molecule is Cc1c(C#N)c(N)n(CCCOC(C)C)c1C. The van der Waals surface area contributed by atoms with Gasteiger partial charge in [-0.25, -0.2) is 0 Å². The molecule has 0 atom stereocenters. The minimum absolute atomic E-state index is 0.259. The van der Waals surface area contributed by atoms with Gasteiger partial charge in [0.2, 0.25) is 0 Å². The maximum absolute atomic E-state index is 9.01. The molecule has 0 aliphatic rings. The lowest BCUT2D eigenvalue weighted by molar-refractivity contribution is 0.0749. The van der Waals surface area contributed by atoms with Gasteiger partial charge in [0, 0.05) is 18.8 Å². The normalized spacial score (nSPS) is 10.8. The van der Waals surface area contributed by atoms with Gasteiger partial charge in [-0.1, -0.05) is 0 Å². The van der Waals surface area contributed by atoms with Crippen molar-refractivity contribution < 1.29 is 4.74 Å². The number of hydrogen-bond acceptors (Lipinski definition) is 3. The van der Waals surface area contributed by atoms with E-state index in [1.165, 1.54) is 0 Å². The summed E-state index contributed by atoms with van der Waals surface area (Å²) in [6, 6.07) is 2.16. The van der Waals surface area contributed by atoms with Crippen molar-refractivity contribution in [2.45, 2.75) is 46.8 Å². The summed E-state index contributed by atoms with van der Waals surface area (Å²) in [6.07, 6.45) is 1.16. The molecule has 0 radical (unpaired) electrons. The maximum Gasteiger partial charge on any atom is 0.122 e. The van der Waals surface area contributed by atoms with Crippen molar-refractivity contribution in [3.05, 3.63) is 16.8 Å². The summed E-state index contributed by atoms with van der Waals surface area (Å²) in [5, 5.41) is 9.01. The molecule has 94 valence electrons. The summed E-state index contributed by atoms with van der Waals surface area (Å²) in [6.45, 7) is 9.49. The molecule has 0 aromatic carbocycles. The van der Waals surface area contributed by atoms with E-state index in [-0.39, 0.29) is 6.10 Å². The Morgan fingerprint density at radius 2 is 2.06 bits per heavy atom. The van der Waals surface area contributed by atoms with E-state index in [1.54, 1.807) is 0 Å². The fourth-order valence-electron chi connectivity index (χ4n) is 1.86. The second kappa shape index (κ2) is 5.74. The number of ether oxygens (including phenoxy) is 1. The zero-order chi connectivity index (χ0) is 13.0. The number of nitrogen functional groups attached to an aromatic ring is 1. The van der Waals surface area contributed by atoms with E-state index in [0.29, 0.717) is 11.4 Å². The predicted molar refractivity (Wildman–Crippen MR) is 68.7 cm³/mol. The van der Waals surface area contributed by atoms with Gasteiger partial charge in [0.15, 0.2) is 0 Å². The zero-order valence-corrected chi connectivity index (χ0v) is 11.1. The fourth-order valence-corrected chi connectivity index (χ4v) is 1.86. The highest BCUT2D eigenvalue weighted by Gasteiger charge is 2.14. The molecule has 1 rings (SSSR count). The second-order valence-corrected chi connectivity index (χ2v) is 4.51. The molecule has 0 unspecified atom stereocenters. The molecule has 0 aliphatic heterocycles. The van der Waals surface area contributed by atoms with E-state index in [4.69, 9.17) is 15.7 Å². The van der Waals surface area contributed by atoms with Crippen LogP contribution in [0.1, 0.15) is 37.1 Å². The average Bonchev–Trinajstić information content (AvgIpc) is 2.47. The first-order valence-electron chi connectivity index (χ1n) is 5.95. The van der Waals surface area contributed by atoms with Gasteiger partial charge in [-0.15, -0.1) is 0 Å². The lowest BCUT2D eigenvalue weighted by atomic mass is 10.2. The number of rotatable bonds is 5. The largest absolute Gasteiger partial charge is 0.384 e. The summed E-state index contributed by atoms with van der Waals surface area (Å²) < 4.78 is 7.49. The van der Waals surface area contributed by atoms with Crippen molar-refractivity contribution in [3.8, 4) is 6.07 Å². The van der Waals surface area contributed by atoms with Crippen molar-refractivity contribution in [1.82, 2.24) is 4.57 Å². The molecule has 0 saturated heterocycles. The van der Waals surface area contributed by atoms with Crippen LogP contribution in [0.25, 0.3) is 0 Å². The maximum atomic E-state index is 9.01. The lowest BCUT2D eigenvalue weighted by Gasteiger charge is -2.10. The molecule has 17 heavy (non-hydrogen) atoms. The third kappa shape index (κ3) is 3.01. The number of aromatic nitrogens is 1. The number of nitriles is 1. The Kier molecular flexibility index (Phi) is 4.59. The summed E-state index contributed by atoms with van der Waals surface area (Å²) in [5.41, 5.74) is 8.62. The minimum atomic E-state index is 0.259. The molecule has 4 heteroatoms. The van der Waals surface area contributed by atoms with Crippen LogP contribution < -0.4 is 5.73 Å². The third-order valence-electron chi connectivity index (χ3n) is 2.96. The standard InChI is InChI=1S/C13H21N3O/c1-9(2)17-7-5-6-16-11(4)10(3)12(8-14)13(16)15/h9H,5-7,15H2,1-4H3. The first-order chi connectivity index (χ1) is 7.99. The van der Waals surface area contributed by atoms with Crippen LogP contribution >= 0.6 is 0 Å². The van der Waals surface area contributed by atoms with Crippen molar-refractivity contribution in [1.29, 1.82) is 5.26 Å². The number of hydrogen-bond donors (Lipinski definition) is 1. The minimum Gasteiger partial charge on any atom is -0.384 e. The van der Waals surface area contributed by atoms with Crippen LogP contribution in [0.4, 0.5) is 5.82 Å². The lowest BCUT2D eigenvalue weighted by Crippen LogP contribution is -2.10. The van der Waals surface area contributed by atoms with Gasteiger partial charge in [-0.05, 0) is 39.7 Å². The molecule has 4 nitrogen and oxygen atoms in total. The molecule has 1 aromatic rings. The highest BCUT2D eigenvalue weighted by Crippen LogP contribution is 2.23. The van der Waals surface area contributed by atoms with E-state index in [2.05, 4.69) is 6.07 Å². The monoisotopic (exact) mass is 235 g/mol. The Bertz CT molecular complexity index is 427. The molecule has 2 N–H and O–H groups in total. The van der Waals surface area contributed by atoms with E-state index < -0.39 is 0 Å². The van der Waals surface area contributed by atoms with Crippen LogP contribution in [0.2, 0.25) is 0 Å². The van der Waals surface area contributed by atoms with Gasteiger partial charge in [0.1, 0.15) is 11.9 Å². The molecular weight excluding hydrogens is 214 g/mol.